The minimum atomic E-state index is 0.144. The molecule has 1 fully saturated rings. The molecule has 1 saturated carbocycles. The molecule has 1 aromatic heterocycles. The van der Waals surface area contributed by atoms with Gasteiger partial charge < -0.3 is 19.2 Å². The van der Waals surface area contributed by atoms with Gasteiger partial charge in [-0.3, -0.25) is 4.79 Å². The number of nitrogens with one attached hydrogen (secondary N) is 1. The molecule has 1 N–H and O–H groups in total. The van der Waals surface area contributed by atoms with Crippen LogP contribution in [-0.4, -0.2) is 31.2 Å². The fraction of sp³-hybridized carbons (Fsp3) is 0.565. The SMILES string of the molecule is COc1ccc(-c2nc(CCCC(=O)NC3CCC(C)CC3)c(C)o2)cc1OC. The molecule has 1 aromatic carbocycles. The highest BCUT2D eigenvalue weighted by Gasteiger charge is 2.20. The maximum absolute atomic E-state index is 12.2. The van der Waals surface area contributed by atoms with E-state index in [1.165, 1.54) is 12.8 Å². The number of aryl methyl sites for hydroxylation is 2. The third-order valence-corrected chi connectivity index (χ3v) is 5.72. The van der Waals surface area contributed by atoms with Gasteiger partial charge >= 0.3 is 0 Å². The van der Waals surface area contributed by atoms with Crippen LogP contribution in [0.25, 0.3) is 11.5 Å². The fourth-order valence-electron chi connectivity index (χ4n) is 3.87. The van der Waals surface area contributed by atoms with Crippen molar-refractivity contribution < 1.29 is 18.7 Å². The average Bonchev–Trinajstić information content (AvgIpc) is 3.09. The van der Waals surface area contributed by atoms with E-state index < -0.39 is 0 Å². The van der Waals surface area contributed by atoms with Crippen molar-refractivity contribution in [2.75, 3.05) is 14.2 Å². The van der Waals surface area contributed by atoms with Crippen molar-refractivity contribution in [1.29, 1.82) is 0 Å². The van der Waals surface area contributed by atoms with Crippen molar-refractivity contribution in [1.82, 2.24) is 10.3 Å². The first-order valence-electron chi connectivity index (χ1n) is 10.5. The Morgan fingerprint density at radius 2 is 1.90 bits per heavy atom. The molecule has 3 rings (SSSR count). The van der Waals surface area contributed by atoms with Crippen molar-refractivity contribution in [2.45, 2.75) is 64.8 Å². The molecule has 2 aromatic rings. The first-order valence-corrected chi connectivity index (χ1v) is 10.5. The quantitative estimate of drug-likeness (QED) is 0.696. The molecule has 0 unspecified atom stereocenters. The molecule has 158 valence electrons. The monoisotopic (exact) mass is 400 g/mol. The molecule has 1 aliphatic carbocycles. The molecule has 0 radical (unpaired) electrons. The van der Waals surface area contributed by atoms with E-state index in [9.17, 15) is 4.79 Å². The van der Waals surface area contributed by atoms with Crippen LogP contribution < -0.4 is 14.8 Å². The number of aromatic nitrogens is 1. The van der Waals surface area contributed by atoms with Crippen LogP contribution >= 0.6 is 0 Å². The molecule has 0 atom stereocenters. The third-order valence-electron chi connectivity index (χ3n) is 5.72. The number of hydrogen-bond acceptors (Lipinski definition) is 5. The number of methoxy groups -OCH3 is 2. The highest BCUT2D eigenvalue weighted by Crippen LogP contribution is 2.32. The minimum absolute atomic E-state index is 0.144. The fourth-order valence-corrected chi connectivity index (χ4v) is 3.87. The smallest absolute Gasteiger partial charge is 0.226 e. The number of carbonyl (C=O) groups is 1. The molecular formula is C23H32N2O4. The zero-order valence-electron chi connectivity index (χ0n) is 17.9. The molecule has 29 heavy (non-hydrogen) atoms. The largest absolute Gasteiger partial charge is 0.493 e. The van der Waals surface area contributed by atoms with Crippen LogP contribution in [0.2, 0.25) is 0 Å². The van der Waals surface area contributed by atoms with E-state index in [0.717, 1.165) is 48.6 Å². The van der Waals surface area contributed by atoms with Crippen molar-refractivity contribution in [3.63, 3.8) is 0 Å². The molecule has 6 heteroatoms. The Balaban J connectivity index is 1.53. The van der Waals surface area contributed by atoms with E-state index in [0.29, 0.717) is 29.9 Å². The number of oxazole rings is 1. The number of rotatable bonds is 8. The lowest BCUT2D eigenvalue weighted by Gasteiger charge is -2.26. The summed E-state index contributed by atoms with van der Waals surface area (Å²) in [5, 5.41) is 3.19. The van der Waals surface area contributed by atoms with Crippen molar-refractivity contribution >= 4 is 5.91 Å². The summed E-state index contributed by atoms with van der Waals surface area (Å²) in [6.45, 7) is 4.20. The van der Waals surface area contributed by atoms with E-state index in [1.807, 2.05) is 25.1 Å². The number of carbonyl (C=O) groups excluding carboxylic acids is 1. The molecule has 0 aliphatic heterocycles. The first kappa shape index (κ1) is 21.2. The van der Waals surface area contributed by atoms with Crippen LogP contribution in [0.5, 0.6) is 11.5 Å². The second-order valence-corrected chi connectivity index (χ2v) is 7.97. The molecule has 0 spiro atoms. The van der Waals surface area contributed by atoms with Gasteiger partial charge in [0.15, 0.2) is 11.5 Å². The molecule has 1 heterocycles. The minimum Gasteiger partial charge on any atom is -0.493 e. The predicted octanol–water partition coefficient (Wildman–Crippen LogP) is 4.68. The van der Waals surface area contributed by atoms with Gasteiger partial charge in [0.25, 0.3) is 0 Å². The van der Waals surface area contributed by atoms with Gasteiger partial charge in [-0.05, 0) is 69.6 Å². The zero-order valence-corrected chi connectivity index (χ0v) is 17.9. The second kappa shape index (κ2) is 9.81. The summed E-state index contributed by atoms with van der Waals surface area (Å²) in [7, 11) is 3.21. The van der Waals surface area contributed by atoms with E-state index in [1.54, 1.807) is 14.2 Å². The number of nitrogens with zero attached hydrogens (tertiary/aromatic N) is 1. The summed E-state index contributed by atoms with van der Waals surface area (Å²) in [6, 6.07) is 5.94. The Hall–Kier alpha value is -2.50. The Bertz CT molecular complexity index is 822. The van der Waals surface area contributed by atoms with Gasteiger partial charge in [-0.25, -0.2) is 4.98 Å². The summed E-state index contributed by atoms with van der Waals surface area (Å²) >= 11 is 0. The highest BCUT2D eigenvalue weighted by atomic mass is 16.5. The summed E-state index contributed by atoms with van der Waals surface area (Å²) in [4.78, 5) is 16.9. The number of hydrogen-bond donors (Lipinski definition) is 1. The van der Waals surface area contributed by atoms with Crippen LogP contribution in [0.1, 0.15) is 56.9 Å². The van der Waals surface area contributed by atoms with E-state index in [4.69, 9.17) is 13.9 Å². The Labute approximate surface area is 173 Å². The maximum Gasteiger partial charge on any atom is 0.226 e. The van der Waals surface area contributed by atoms with Crippen LogP contribution in [-0.2, 0) is 11.2 Å². The predicted molar refractivity (Wildman–Crippen MR) is 112 cm³/mol. The number of ether oxygens (including phenoxy) is 2. The van der Waals surface area contributed by atoms with Crippen LogP contribution in [0.3, 0.4) is 0 Å². The van der Waals surface area contributed by atoms with E-state index >= 15 is 0 Å². The Morgan fingerprint density at radius 3 is 2.59 bits per heavy atom. The van der Waals surface area contributed by atoms with Crippen molar-refractivity contribution in [3.8, 4) is 23.0 Å². The molecule has 1 aliphatic rings. The average molecular weight is 401 g/mol. The van der Waals surface area contributed by atoms with Gasteiger partial charge in [-0.2, -0.15) is 0 Å². The first-order chi connectivity index (χ1) is 14.0. The van der Waals surface area contributed by atoms with Gasteiger partial charge in [-0.1, -0.05) is 6.92 Å². The van der Waals surface area contributed by atoms with Crippen LogP contribution in [0.4, 0.5) is 0 Å². The van der Waals surface area contributed by atoms with Crippen LogP contribution in [0, 0.1) is 12.8 Å². The lowest BCUT2D eigenvalue weighted by Crippen LogP contribution is -2.37. The number of benzene rings is 1. The number of amides is 1. The van der Waals surface area contributed by atoms with Gasteiger partial charge in [-0.15, -0.1) is 0 Å². The van der Waals surface area contributed by atoms with Crippen molar-refractivity contribution in [2.24, 2.45) is 5.92 Å². The highest BCUT2D eigenvalue weighted by molar-refractivity contribution is 5.76. The summed E-state index contributed by atoms with van der Waals surface area (Å²) in [5.41, 5.74) is 1.73. The van der Waals surface area contributed by atoms with E-state index in [2.05, 4.69) is 17.2 Å². The maximum atomic E-state index is 12.2. The lowest BCUT2D eigenvalue weighted by atomic mass is 9.87. The lowest BCUT2D eigenvalue weighted by molar-refractivity contribution is -0.122. The summed E-state index contributed by atoms with van der Waals surface area (Å²) < 4.78 is 16.5. The third kappa shape index (κ3) is 5.52. The van der Waals surface area contributed by atoms with Gasteiger partial charge in [0.1, 0.15) is 5.76 Å². The second-order valence-electron chi connectivity index (χ2n) is 7.97. The Kier molecular flexibility index (Phi) is 7.18. The topological polar surface area (TPSA) is 73.6 Å². The zero-order chi connectivity index (χ0) is 20.8. The summed E-state index contributed by atoms with van der Waals surface area (Å²) in [6.07, 6.45) is 6.62. The van der Waals surface area contributed by atoms with Gasteiger partial charge in [0, 0.05) is 18.0 Å². The summed E-state index contributed by atoms with van der Waals surface area (Å²) in [5.74, 6) is 3.58. The molecule has 1 amide bonds. The van der Waals surface area contributed by atoms with Crippen LogP contribution in [0.15, 0.2) is 22.6 Å². The Morgan fingerprint density at radius 1 is 1.17 bits per heavy atom. The molecule has 0 saturated heterocycles. The van der Waals surface area contributed by atoms with Gasteiger partial charge in [0.05, 0.1) is 19.9 Å². The molecule has 0 bridgehead atoms. The molecule has 6 nitrogen and oxygen atoms in total. The molecular weight excluding hydrogens is 368 g/mol. The van der Waals surface area contributed by atoms with Gasteiger partial charge in [0.2, 0.25) is 11.8 Å². The standard InChI is InChI=1S/C23H32N2O4/c1-15-8-11-18(12-9-15)24-22(26)7-5-6-19-16(2)29-23(25-19)17-10-13-20(27-3)21(14-17)28-4/h10,13-15,18H,5-9,11-12H2,1-4H3,(H,24,26). The van der Waals surface area contributed by atoms with Crippen molar-refractivity contribution in [3.05, 3.63) is 29.7 Å². The normalized spacial score (nSPS) is 19.0. The van der Waals surface area contributed by atoms with E-state index in [-0.39, 0.29) is 5.91 Å².